The highest BCUT2D eigenvalue weighted by molar-refractivity contribution is 5.71. The van der Waals surface area contributed by atoms with E-state index in [4.69, 9.17) is 16.2 Å². The Balaban J connectivity index is 2.79. The molecule has 1 rings (SSSR count). The molecule has 1 amide bonds. The summed E-state index contributed by atoms with van der Waals surface area (Å²) in [5.74, 6) is 0.434. The Morgan fingerprint density at radius 1 is 1.47 bits per heavy atom. The van der Waals surface area contributed by atoms with E-state index < -0.39 is 11.7 Å². The van der Waals surface area contributed by atoms with E-state index in [0.29, 0.717) is 24.5 Å². The van der Waals surface area contributed by atoms with Crippen molar-refractivity contribution in [3.05, 3.63) is 23.2 Å². The van der Waals surface area contributed by atoms with Gasteiger partial charge in [0.25, 0.3) is 0 Å². The van der Waals surface area contributed by atoms with Crippen LogP contribution in [0.5, 0.6) is 0 Å². The molecule has 1 aliphatic heterocycles. The summed E-state index contributed by atoms with van der Waals surface area (Å²) in [6.07, 6.45) is 2.09. The highest BCUT2D eigenvalue weighted by Crippen LogP contribution is 2.23. The van der Waals surface area contributed by atoms with Gasteiger partial charge in [-0.25, -0.2) is 4.79 Å². The van der Waals surface area contributed by atoms with Crippen LogP contribution >= 0.6 is 0 Å². The average molecular weight is 239 g/mol. The van der Waals surface area contributed by atoms with E-state index in [-0.39, 0.29) is 0 Å². The number of hydrogen-bond acceptors (Lipinski definition) is 4. The Bertz CT molecular complexity index is 374. The maximum absolute atomic E-state index is 11.8. The Hall–Kier alpha value is -1.65. The van der Waals surface area contributed by atoms with Gasteiger partial charge in [0.1, 0.15) is 11.4 Å². The van der Waals surface area contributed by atoms with Crippen LogP contribution in [0.25, 0.3) is 0 Å². The molecule has 0 aromatic rings. The Morgan fingerprint density at radius 3 is 2.53 bits per heavy atom. The predicted molar refractivity (Wildman–Crippen MR) is 66.7 cm³/mol. The molecular formula is C12H21N3O2. The lowest BCUT2D eigenvalue weighted by atomic mass is 10.2. The number of nitrogens with zero attached hydrogens (tertiary/aromatic N) is 1. The zero-order chi connectivity index (χ0) is 13.2. The first-order valence-electron chi connectivity index (χ1n) is 5.63. The SMILES string of the molecule is C/C(N)=C/C1=C(N)N(C(=O)OC(C)(C)C)CC1. The number of nitrogens with two attached hydrogens (primary N) is 2. The van der Waals surface area contributed by atoms with Crippen molar-refractivity contribution >= 4 is 6.09 Å². The monoisotopic (exact) mass is 239 g/mol. The molecule has 0 saturated heterocycles. The summed E-state index contributed by atoms with van der Waals surface area (Å²) in [5, 5.41) is 0. The number of carbonyl (C=O) groups excluding carboxylic acids is 1. The van der Waals surface area contributed by atoms with Crippen LogP contribution in [-0.4, -0.2) is 23.1 Å². The van der Waals surface area contributed by atoms with Crippen LogP contribution in [0.1, 0.15) is 34.1 Å². The zero-order valence-electron chi connectivity index (χ0n) is 10.9. The van der Waals surface area contributed by atoms with Crippen molar-refractivity contribution in [2.45, 2.75) is 39.7 Å². The number of rotatable bonds is 1. The molecule has 0 aromatic carbocycles. The van der Waals surface area contributed by atoms with Crippen molar-refractivity contribution in [3.63, 3.8) is 0 Å². The standard InChI is InChI=1S/C12H21N3O2/c1-8(13)7-9-5-6-15(10(9)14)11(16)17-12(2,3)4/h7H,5-6,13-14H2,1-4H3/b8-7-. The fourth-order valence-electron chi connectivity index (χ4n) is 1.58. The summed E-state index contributed by atoms with van der Waals surface area (Å²) in [7, 11) is 0. The Morgan fingerprint density at radius 2 is 2.06 bits per heavy atom. The van der Waals surface area contributed by atoms with Crippen molar-refractivity contribution in [2.24, 2.45) is 11.5 Å². The van der Waals surface area contributed by atoms with E-state index in [9.17, 15) is 4.79 Å². The molecule has 17 heavy (non-hydrogen) atoms. The molecule has 0 saturated carbocycles. The second-order valence-electron chi connectivity index (χ2n) is 5.18. The molecule has 0 atom stereocenters. The van der Waals surface area contributed by atoms with Crippen LogP contribution in [0.4, 0.5) is 4.79 Å². The van der Waals surface area contributed by atoms with Crippen molar-refractivity contribution < 1.29 is 9.53 Å². The molecule has 0 unspecified atom stereocenters. The van der Waals surface area contributed by atoms with Gasteiger partial charge in [0.05, 0.1) is 0 Å². The smallest absolute Gasteiger partial charge is 0.415 e. The minimum absolute atomic E-state index is 0.409. The van der Waals surface area contributed by atoms with E-state index in [2.05, 4.69) is 0 Å². The average Bonchev–Trinajstić information content (AvgIpc) is 2.44. The van der Waals surface area contributed by atoms with Gasteiger partial charge in [0, 0.05) is 12.2 Å². The second-order valence-corrected chi connectivity index (χ2v) is 5.18. The van der Waals surface area contributed by atoms with Gasteiger partial charge in [-0.05, 0) is 45.8 Å². The maximum Gasteiger partial charge on any atom is 0.415 e. The van der Waals surface area contributed by atoms with Gasteiger partial charge in [0.2, 0.25) is 0 Å². The molecule has 4 N–H and O–H groups in total. The summed E-state index contributed by atoms with van der Waals surface area (Å²) in [5.41, 5.74) is 12.5. The number of carbonyl (C=O) groups is 1. The fourth-order valence-corrected chi connectivity index (χ4v) is 1.58. The lowest BCUT2D eigenvalue weighted by molar-refractivity contribution is 0.0328. The molecule has 96 valence electrons. The van der Waals surface area contributed by atoms with E-state index in [1.165, 1.54) is 4.90 Å². The van der Waals surface area contributed by atoms with Crippen molar-refractivity contribution in [3.8, 4) is 0 Å². The van der Waals surface area contributed by atoms with Crippen LogP contribution < -0.4 is 11.5 Å². The highest BCUT2D eigenvalue weighted by Gasteiger charge is 2.28. The molecule has 0 bridgehead atoms. The molecule has 0 spiro atoms. The van der Waals surface area contributed by atoms with Crippen molar-refractivity contribution in [1.29, 1.82) is 0 Å². The van der Waals surface area contributed by atoms with Crippen molar-refractivity contribution in [1.82, 2.24) is 4.90 Å². The first-order valence-corrected chi connectivity index (χ1v) is 5.63. The van der Waals surface area contributed by atoms with Crippen LogP contribution in [0.15, 0.2) is 23.2 Å². The largest absolute Gasteiger partial charge is 0.443 e. The molecule has 0 fully saturated rings. The third-order valence-corrected chi connectivity index (χ3v) is 2.24. The van der Waals surface area contributed by atoms with Gasteiger partial charge in [0.15, 0.2) is 0 Å². The van der Waals surface area contributed by atoms with Crippen molar-refractivity contribution in [2.75, 3.05) is 6.54 Å². The molecular weight excluding hydrogens is 218 g/mol. The minimum atomic E-state index is -0.514. The summed E-state index contributed by atoms with van der Waals surface area (Å²) >= 11 is 0. The Kier molecular flexibility index (Phi) is 3.70. The van der Waals surface area contributed by atoms with Gasteiger partial charge in [-0.15, -0.1) is 0 Å². The van der Waals surface area contributed by atoms with Gasteiger partial charge in [-0.3, -0.25) is 4.90 Å². The first-order chi connectivity index (χ1) is 7.70. The summed E-state index contributed by atoms with van der Waals surface area (Å²) < 4.78 is 5.27. The fraction of sp³-hybridized carbons (Fsp3) is 0.583. The molecule has 0 aromatic heterocycles. The summed E-state index contributed by atoms with van der Waals surface area (Å²) in [4.78, 5) is 13.3. The first kappa shape index (κ1) is 13.4. The van der Waals surface area contributed by atoms with E-state index in [1.807, 2.05) is 20.8 Å². The van der Waals surface area contributed by atoms with Crippen LogP contribution in [0.2, 0.25) is 0 Å². The quantitative estimate of drug-likeness (QED) is 0.729. The normalized spacial score (nSPS) is 17.6. The molecule has 0 radical (unpaired) electrons. The third kappa shape index (κ3) is 3.69. The highest BCUT2D eigenvalue weighted by atomic mass is 16.6. The molecule has 5 nitrogen and oxygen atoms in total. The van der Waals surface area contributed by atoms with Crippen LogP contribution in [0, 0.1) is 0 Å². The topological polar surface area (TPSA) is 81.6 Å². The number of hydrogen-bond donors (Lipinski definition) is 2. The van der Waals surface area contributed by atoms with E-state index in [1.54, 1.807) is 13.0 Å². The number of amides is 1. The second kappa shape index (κ2) is 4.69. The van der Waals surface area contributed by atoms with E-state index >= 15 is 0 Å². The van der Waals surface area contributed by atoms with Crippen LogP contribution in [-0.2, 0) is 4.74 Å². The maximum atomic E-state index is 11.8. The number of ether oxygens (including phenoxy) is 1. The van der Waals surface area contributed by atoms with Gasteiger partial charge < -0.3 is 16.2 Å². The van der Waals surface area contributed by atoms with Gasteiger partial charge in [-0.2, -0.15) is 0 Å². The number of allylic oxidation sites excluding steroid dienone is 2. The summed E-state index contributed by atoms with van der Waals surface area (Å²) in [6.45, 7) is 7.80. The third-order valence-electron chi connectivity index (χ3n) is 2.24. The summed E-state index contributed by atoms with van der Waals surface area (Å²) in [6, 6.07) is 0. The molecule has 1 aliphatic rings. The van der Waals surface area contributed by atoms with Gasteiger partial charge in [-0.1, -0.05) is 0 Å². The molecule has 5 heteroatoms. The lowest BCUT2D eigenvalue weighted by Gasteiger charge is -2.24. The minimum Gasteiger partial charge on any atom is -0.443 e. The Labute approximate surface area is 102 Å². The molecule has 0 aliphatic carbocycles. The van der Waals surface area contributed by atoms with Crippen LogP contribution in [0.3, 0.4) is 0 Å². The zero-order valence-corrected chi connectivity index (χ0v) is 10.9. The van der Waals surface area contributed by atoms with E-state index in [0.717, 1.165) is 5.57 Å². The lowest BCUT2D eigenvalue weighted by Crippen LogP contribution is -2.36. The molecule has 1 heterocycles. The van der Waals surface area contributed by atoms with Gasteiger partial charge >= 0.3 is 6.09 Å². The predicted octanol–water partition coefficient (Wildman–Crippen LogP) is 1.66.